The van der Waals surface area contributed by atoms with Crippen molar-refractivity contribution in [2.24, 2.45) is 0 Å². The molecule has 2 heteroatoms. The van der Waals surface area contributed by atoms with E-state index in [1.54, 1.807) is 0 Å². The van der Waals surface area contributed by atoms with Crippen LogP contribution in [0.4, 0.5) is 34.1 Å². The van der Waals surface area contributed by atoms with E-state index in [-0.39, 0.29) is 0 Å². The van der Waals surface area contributed by atoms with Crippen LogP contribution in [0.5, 0.6) is 0 Å². The topological polar surface area (TPSA) is 6.48 Å². The number of hydrogen-bond donors (Lipinski definition) is 0. The number of anilines is 6. The molecule has 0 fully saturated rings. The molecule has 2 nitrogen and oxygen atoms in total. The lowest BCUT2D eigenvalue weighted by molar-refractivity contribution is 0.803. The summed E-state index contributed by atoms with van der Waals surface area (Å²) < 4.78 is 0. The van der Waals surface area contributed by atoms with E-state index in [4.69, 9.17) is 0 Å². The highest BCUT2D eigenvalue weighted by atomic mass is 15.1. The molecule has 0 saturated carbocycles. The van der Waals surface area contributed by atoms with Crippen molar-refractivity contribution in [1.29, 1.82) is 0 Å². The molecule has 0 amide bonds. The third-order valence-electron chi connectivity index (χ3n) is 15.0. The van der Waals surface area contributed by atoms with Crippen LogP contribution in [0.25, 0.3) is 54.6 Å². The Morgan fingerprint density at radius 3 is 1.37 bits per heavy atom. The third kappa shape index (κ3) is 5.76. The van der Waals surface area contributed by atoms with Gasteiger partial charge in [0.15, 0.2) is 0 Å². The van der Waals surface area contributed by atoms with Crippen molar-refractivity contribution in [3.63, 3.8) is 0 Å². The Hall–Kier alpha value is -8.20. The van der Waals surface area contributed by atoms with Crippen LogP contribution in [0.1, 0.15) is 44.5 Å². The Morgan fingerprint density at radius 2 is 0.776 bits per heavy atom. The van der Waals surface area contributed by atoms with Gasteiger partial charge in [0.25, 0.3) is 0 Å². The van der Waals surface area contributed by atoms with Crippen LogP contribution in [0.15, 0.2) is 218 Å². The SMILES string of the molecule is Cc1ccc(N(c2ccccc2)c2ccc3cc4c(cc3c2)C2(c3ccccc3-c3ccccc32)c2c-4c3ccccc3c3cc(N(c4ccccc4)c4ccc(C)c(C)c4)ccc23)cc1C. The minimum absolute atomic E-state index is 0.563. The van der Waals surface area contributed by atoms with Gasteiger partial charge in [-0.25, -0.2) is 0 Å². The summed E-state index contributed by atoms with van der Waals surface area (Å²) in [5.41, 5.74) is 22.0. The number of benzene rings is 11. The van der Waals surface area contributed by atoms with Crippen LogP contribution in [-0.2, 0) is 5.41 Å². The van der Waals surface area contributed by atoms with Gasteiger partial charge in [-0.05, 0) is 212 Å². The first-order valence-electron chi connectivity index (χ1n) is 23.5. The maximum absolute atomic E-state index is 2.54. The van der Waals surface area contributed by atoms with Crippen molar-refractivity contribution < 1.29 is 0 Å². The molecule has 0 atom stereocenters. The Balaban J connectivity index is 1.11. The molecule has 11 aromatic carbocycles. The molecule has 0 heterocycles. The lowest BCUT2D eigenvalue weighted by Gasteiger charge is -2.32. The minimum Gasteiger partial charge on any atom is -0.310 e. The summed E-state index contributed by atoms with van der Waals surface area (Å²) in [6.07, 6.45) is 0. The van der Waals surface area contributed by atoms with Gasteiger partial charge in [-0.15, -0.1) is 0 Å². The maximum atomic E-state index is 2.54. The highest BCUT2D eigenvalue weighted by Gasteiger charge is 2.53. The van der Waals surface area contributed by atoms with Crippen LogP contribution < -0.4 is 9.80 Å². The molecule has 0 radical (unpaired) electrons. The lowest BCUT2D eigenvalue weighted by atomic mass is 9.69. The average molecular weight is 857 g/mol. The number of aryl methyl sites for hydroxylation is 4. The molecule has 0 aliphatic heterocycles. The van der Waals surface area contributed by atoms with E-state index in [1.807, 2.05) is 0 Å². The van der Waals surface area contributed by atoms with Crippen molar-refractivity contribution in [2.45, 2.75) is 33.1 Å². The predicted octanol–water partition coefficient (Wildman–Crippen LogP) is 17.7. The summed E-state index contributed by atoms with van der Waals surface area (Å²) in [6, 6.07) is 82.1. The normalized spacial score (nSPS) is 12.9. The monoisotopic (exact) mass is 856 g/mol. The first kappa shape index (κ1) is 39.2. The number of hydrogen-bond acceptors (Lipinski definition) is 2. The molecular weight excluding hydrogens is 809 g/mol. The van der Waals surface area contributed by atoms with E-state index in [0.717, 1.165) is 34.1 Å². The van der Waals surface area contributed by atoms with Gasteiger partial charge in [-0.2, -0.15) is 0 Å². The fourth-order valence-corrected chi connectivity index (χ4v) is 11.6. The molecule has 0 unspecified atom stereocenters. The van der Waals surface area contributed by atoms with Crippen molar-refractivity contribution in [3.05, 3.63) is 263 Å². The second-order valence-electron chi connectivity index (χ2n) is 18.7. The first-order valence-corrected chi connectivity index (χ1v) is 23.5. The standard InChI is InChI=1S/C65H48N2/c1-41-27-30-49(35-43(41)3)66(47-17-7-5-8-18-47)51-32-29-45-38-59-62(39-46(45)37-51)65(60-25-15-13-22-54(60)55-23-14-16-26-61(55)65)64-57-34-33-52(40-58(57)53-21-11-12-24-56(53)63(59)64)67(48-19-9-6-10-20-48)50-31-28-42(2)44(4)36-50/h5-40H,1-4H3. The largest absolute Gasteiger partial charge is 0.310 e. The quantitative estimate of drug-likeness (QED) is 0.154. The molecule has 1 spiro atoms. The molecule has 67 heavy (non-hydrogen) atoms. The van der Waals surface area contributed by atoms with Crippen LogP contribution >= 0.6 is 0 Å². The first-order chi connectivity index (χ1) is 32.9. The van der Waals surface area contributed by atoms with Crippen LogP contribution in [-0.4, -0.2) is 0 Å². The van der Waals surface area contributed by atoms with Crippen LogP contribution in [0.3, 0.4) is 0 Å². The van der Waals surface area contributed by atoms with Gasteiger partial charge in [0.1, 0.15) is 0 Å². The van der Waals surface area contributed by atoms with Gasteiger partial charge in [-0.3, -0.25) is 0 Å². The van der Waals surface area contributed by atoms with Gasteiger partial charge in [0, 0.05) is 34.1 Å². The summed E-state index contributed by atoms with van der Waals surface area (Å²) in [5, 5.41) is 7.52. The zero-order valence-electron chi connectivity index (χ0n) is 38.2. The molecular formula is C65H48N2. The van der Waals surface area contributed by atoms with Gasteiger partial charge in [-0.1, -0.05) is 133 Å². The second kappa shape index (κ2) is 14.9. The molecule has 318 valence electrons. The summed E-state index contributed by atoms with van der Waals surface area (Å²) in [4.78, 5) is 4.82. The number of para-hydroxylation sites is 2. The summed E-state index contributed by atoms with van der Waals surface area (Å²) in [6.45, 7) is 8.79. The van der Waals surface area contributed by atoms with E-state index in [0.29, 0.717) is 0 Å². The Kier molecular flexibility index (Phi) is 8.73. The molecule has 0 saturated heterocycles. The fourth-order valence-electron chi connectivity index (χ4n) is 11.6. The Morgan fingerprint density at radius 1 is 0.284 bits per heavy atom. The van der Waals surface area contributed by atoms with E-state index in [9.17, 15) is 0 Å². The average Bonchev–Trinajstić information content (AvgIpc) is 3.83. The molecule has 2 aliphatic carbocycles. The summed E-state index contributed by atoms with van der Waals surface area (Å²) >= 11 is 0. The maximum Gasteiger partial charge on any atom is 0.0731 e. The van der Waals surface area contributed by atoms with E-state index in [2.05, 4.69) is 256 Å². The van der Waals surface area contributed by atoms with Gasteiger partial charge >= 0.3 is 0 Å². The molecule has 0 N–H and O–H groups in total. The van der Waals surface area contributed by atoms with Crippen molar-refractivity contribution >= 4 is 66.4 Å². The predicted molar refractivity (Wildman–Crippen MR) is 284 cm³/mol. The highest BCUT2D eigenvalue weighted by Crippen LogP contribution is 2.66. The minimum atomic E-state index is -0.563. The molecule has 0 aromatic heterocycles. The van der Waals surface area contributed by atoms with E-state index in [1.165, 1.54) is 99.1 Å². The molecule has 13 rings (SSSR count). The molecule has 2 aliphatic rings. The third-order valence-corrected chi connectivity index (χ3v) is 15.0. The summed E-state index contributed by atoms with van der Waals surface area (Å²) in [7, 11) is 0. The Bertz CT molecular complexity index is 3760. The van der Waals surface area contributed by atoms with Crippen LogP contribution in [0, 0.1) is 27.7 Å². The highest BCUT2D eigenvalue weighted by molar-refractivity contribution is 6.21. The van der Waals surface area contributed by atoms with Crippen molar-refractivity contribution in [3.8, 4) is 22.3 Å². The lowest BCUT2D eigenvalue weighted by Crippen LogP contribution is -2.26. The van der Waals surface area contributed by atoms with Crippen molar-refractivity contribution in [1.82, 2.24) is 0 Å². The van der Waals surface area contributed by atoms with Gasteiger partial charge in [0.05, 0.1) is 5.41 Å². The second-order valence-corrected chi connectivity index (χ2v) is 18.7. The molecule has 0 bridgehead atoms. The van der Waals surface area contributed by atoms with E-state index < -0.39 is 5.41 Å². The number of rotatable bonds is 6. The van der Waals surface area contributed by atoms with Gasteiger partial charge in [0.2, 0.25) is 0 Å². The number of fused-ring (bicyclic) bond motifs is 16. The Labute approximate surface area is 392 Å². The van der Waals surface area contributed by atoms with Crippen LogP contribution in [0.2, 0.25) is 0 Å². The fraction of sp³-hybridized carbons (Fsp3) is 0.0769. The molecule has 11 aromatic rings. The summed E-state index contributed by atoms with van der Waals surface area (Å²) in [5.74, 6) is 0. The zero-order valence-corrected chi connectivity index (χ0v) is 38.2. The van der Waals surface area contributed by atoms with Gasteiger partial charge < -0.3 is 9.80 Å². The zero-order chi connectivity index (χ0) is 45.0. The smallest absolute Gasteiger partial charge is 0.0731 e. The number of nitrogens with zero attached hydrogens (tertiary/aromatic N) is 2. The van der Waals surface area contributed by atoms with E-state index >= 15 is 0 Å². The van der Waals surface area contributed by atoms with Crippen molar-refractivity contribution in [2.75, 3.05) is 9.80 Å².